The number of piperidine rings is 1. The number of anilines is 2. The van der Waals surface area contributed by atoms with Crippen molar-refractivity contribution in [1.82, 2.24) is 9.46 Å². The van der Waals surface area contributed by atoms with E-state index < -0.39 is 10.0 Å². The predicted molar refractivity (Wildman–Crippen MR) is 107 cm³/mol. The maximum Gasteiger partial charge on any atom is 0.257 e. The topological polar surface area (TPSA) is 95.8 Å². The summed E-state index contributed by atoms with van der Waals surface area (Å²) in [5, 5.41) is 6.68. The molecule has 1 aliphatic rings. The largest absolute Gasteiger partial charge is 0.371 e. The van der Waals surface area contributed by atoms with E-state index in [-0.39, 0.29) is 10.8 Å². The third kappa shape index (κ3) is 3.90. The SMILES string of the molecule is Cc1noc(C)c1NC(=O)c1cc(S(=O)(=O)N(C)C)ccc1N1CCCCC1. The van der Waals surface area contributed by atoms with Crippen molar-refractivity contribution in [2.45, 2.75) is 38.0 Å². The molecule has 0 unspecified atom stereocenters. The molecule has 0 aliphatic carbocycles. The average molecular weight is 407 g/mol. The van der Waals surface area contributed by atoms with Gasteiger partial charge in [0.15, 0.2) is 5.76 Å². The number of hydrogen-bond donors (Lipinski definition) is 1. The van der Waals surface area contributed by atoms with Gasteiger partial charge in [-0.15, -0.1) is 0 Å². The van der Waals surface area contributed by atoms with Gasteiger partial charge in [-0.3, -0.25) is 4.79 Å². The number of aromatic nitrogens is 1. The van der Waals surface area contributed by atoms with Crippen LogP contribution in [-0.4, -0.2) is 51.0 Å². The maximum absolute atomic E-state index is 13.1. The molecule has 9 heteroatoms. The summed E-state index contributed by atoms with van der Waals surface area (Å²) >= 11 is 0. The van der Waals surface area contributed by atoms with Crippen molar-refractivity contribution in [2.24, 2.45) is 0 Å². The van der Waals surface area contributed by atoms with Crippen LogP contribution in [0.4, 0.5) is 11.4 Å². The minimum atomic E-state index is -3.65. The van der Waals surface area contributed by atoms with Crippen LogP contribution in [0.2, 0.25) is 0 Å². The average Bonchev–Trinajstić information content (AvgIpc) is 3.00. The first-order valence-corrected chi connectivity index (χ1v) is 10.7. The Morgan fingerprint density at radius 3 is 2.43 bits per heavy atom. The van der Waals surface area contributed by atoms with Crippen LogP contribution < -0.4 is 10.2 Å². The molecule has 0 saturated carbocycles. The number of hydrogen-bond acceptors (Lipinski definition) is 6. The number of amides is 1. The second-order valence-corrected chi connectivity index (χ2v) is 9.32. The number of nitrogens with one attached hydrogen (secondary N) is 1. The quantitative estimate of drug-likeness (QED) is 0.820. The molecule has 28 heavy (non-hydrogen) atoms. The van der Waals surface area contributed by atoms with Crippen LogP contribution in [0.3, 0.4) is 0 Å². The van der Waals surface area contributed by atoms with Gasteiger partial charge in [0, 0.05) is 32.9 Å². The first kappa shape index (κ1) is 20.3. The van der Waals surface area contributed by atoms with E-state index >= 15 is 0 Å². The van der Waals surface area contributed by atoms with Crippen molar-refractivity contribution in [2.75, 3.05) is 37.4 Å². The summed E-state index contributed by atoms with van der Waals surface area (Å²) in [5.74, 6) is 0.119. The number of benzene rings is 1. The number of carbonyl (C=O) groups is 1. The lowest BCUT2D eigenvalue weighted by Gasteiger charge is -2.30. The Morgan fingerprint density at radius 1 is 1.18 bits per heavy atom. The Kier molecular flexibility index (Phi) is 5.76. The van der Waals surface area contributed by atoms with Crippen molar-refractivity contribution >= 4 is 27.3 Å². The van der Waals surface area contributed by atoms with Gasteiger partial charge in [0.05, 0.1) is 10.5 Å². The molecule has 152 valence electrons. The molecule has 1 aromatic carbocycles. The van der Waals surface area contributed by atoms with Crippen LogP contribution >= 0.6 is 0 Å². The molecule has 1 saturated heterocycles. The normalized spacial score (nSPS) is 15.1. The Labute approximate surface area is 165 Å². The molecule has 2 heterocycles. The molecular formula is C19H26N4O4S. The molecule has 3 rings (SSSR count). The fourth-order valence-electron chi connectivity index (χ4n) is 3.32. The number of sulfonamides is 1. The summed E-state index contributed by atoms with van der Waals surface area (Å²) in [6, 6.07) is 4.74. The van der Waals surface area contributed by atoms with Gasteiger partial charge < -0.3 is 14.7 Å². The molecule has 0 atom stereocenters. The molecule has 1 aromatic heterocycles. The highest BCUT2D eigenvalue weighted by Crippen LogP contribution is 2.29. The molecule has 1 fully saturated rings. The van der Waals surface area contributed by atoms with Crippen LogP contribution in [0.5, 0.6) is 0 Å². The van der Waals surface area contributed by atoms with E-state index in [0.717, 1.165) is 42.3 Å². The van der Waals surface area contributed by atoms with Crippen LogP contribution in [0.1, 0.15) is 41.1 Å². The zero-order valence-electron chi connectivity index (χ0n) is 16.7. The van der Waals surface area contributed by atoms with Crippen LogP contribution in [-0.2, 0) is 10.0 Å². The Bertz CT molecular complexity index is 956. The molecule has 1 amide bonds. The first-order valence-electron chi connectivity index (χ1n) is 9.27. The standard InChI is InChI=1S/C19H26N4O4S/c1-13-18(14(2)27-21-13)20-19(24)16-12-15(28(25,26)22(3)4)8-9-17(16)23-10-6-5-7-11-23/h8-9,12H,5-7,10-11H2,1-4H3,(H,20,24). The second kappa shape index (κ2) is 7.92. The van der Waals surface area contributed by atoms with Crippen LogP contribution in [0.25, 0.3) is 0 Å². The van der Waals surface area contributed by atoms with Gasteiger partial charge in [-0.1, -0.05) is 5.16 Å². The Balaban J connectivity index is 2.05. The van der Waals surface area contributed by atoms with Gasteiger partial charge in [0.2, 0.25) is 10.0 Å². The van der Waals surface area contributed by atoms with Gasteiger partial charge in [0.25, 0.3) is 5.91 Å². The van der Waals surface area contributed by atoms with Crippen molar-refractivity contribution < 1.29 is 17.7 Å². The number of aryl methyl sites for hydroxylation is 2. The fraction of sp³-hybridized carbons (Fsp3) is 0.474. The first-order chi connectivity index (χ1) is 13.2. The number of carbonyl (C=O) groups excluding carboxylic acids is 1. The van der Waals surface area contributed by atoms with Gasteiger partial charge in [-0.25, -0.2) is 12.7 Å². The minimum Gasteiger partial charge on any atom is -0.371 e. The van der Waals surface area contributed by atoms with E-state index in [2.05, 4.69) is 15.4 Å². The summed E-state index contributed by atoms with van der Waals surface area (Å²) in [4.78, 5) is 15.3. The summed E-state index contributed by atoms with van der Waals surface area (Å²) < 4.78 is 31.4. The van der Waals surface area contributed by atoms with Gasteiger partial charge >= 0.3 is 0 Å². The van der Waals surface area contributed by atoms with Gasteiger partial charge in [0.1, 0.15) is 11.4 Å². The Morgan fingerprint density at radius 2 is 1.86 bits per heavy atom. The second-order valence-electron chi connectivity index (χ2n) is 7.17. The molecule has 2 aromatic rings. The minimum absolute atomic E-state index is 0.0853. The molecule has 0 spiro atoms. The van der Waals surface area contributed by atoms with Crippen molar-refractivity contribution in [3.8, 4) is 0 Å². The molecule has 0 radical (unpaired) electrons. The van der Waals surface area contributed by atoms with Crippen LogP contribution in [0.15, 0.2) is 27.6 Å². The number of nitrogens with zero attached hydrogens (tertiary/aromatic N) is 3. The lowest BCUT2D eigenvalue weighted by atomic mass is 10.1. The van der Waals surface area contributed by atoms with E-state index in [1.807, 2.05) is 0 Å². The molecular weight excluding hydrogens is 380 g/mol. The van der Waals surface area contributed by atoms with Crippen LogP contribution in [0, 0.1) is 13.8 Å². The fourth-order valence-corrected chi connectivity index (χ4v) is 4.25. The van der Waals surface area contributed by atoms with E-state index in [4.69, 9.17) is 4.52 Å². The molecule has 1 N–H and O–H groups in total. The monoisotopic (exact) mass is 406 g/mol. The molecule has 0 bridgehead atoms. The molecule has 8 nitrogen and oxygen atoms in total. The third-order valence-corrected chi connectivity index (χ3v) is 6.77. The zero-order valence-corrected chi connectivity index (χ0v) is 17.5. The van der Waals surface area contributed by atoms with E-state index in [1.165, 1.54) is 20.2 Å². The van der Waals surface area contributed by atoms with Gasteiger partial charge in [-0.2, -0.15) is 0 Å². The lowest BCUT2D eigenvalue weighted by molar-refractivity contribution is 0.102. The van der Waals surface area contributed by atoms with Crippen molar-refractivity contribution in [3.63, 3.8) is 0 Å². The maximum atomic E-state index is 13.1. The van der Waals surface area contributed by atoms with E-state index in [1.54, 1.807) is 26.0 Å². The highest BCUT2D eigenvalue weighted by atomic mass is 32.2. The van der Waals surface area contributed by atoms with Crippen molar-refractivity contribution in [3.05, 3.63) is 35.2 Å². The summed E-state index contributed by atoms with van der Waals surface area (Å²) in [7, 11) is -0.715. The number of rotatable bonds is 5. The summed E-state index contributed by atoms with van der Waals surface area (Å²) in [6.45, 7) is 5.13. The summed E-state index contributed by atoms with van der Waals surface area (Å²) in [6.07, 6.45) is 3.25. The highest BCUT2D eigenvalue weighted by Gasteiger charge is 2.25. The predicted octanol–water partition coefficient (Wildman–Crippen LogP) is 2.78. The third-order valence-electron chi connectivity index (χ3n) is 4.96. The van der Waals surface area contributed by atoms with Gasteiger partial charge in [-0.05, 0) is 51.3 Å². The van der Waals surface area contributed by atoms with Crippen molar-refractivity contribution in [1.29, 1.82) is 0 Å². The highest BCUT2D eigenvalue weighted by molar-refractivity contribution is 7.89. The Hall–Kier alpha value is -2.39. The zero-order chi connectivity index (χ0) is 20.5. The summed E-state index contributed by atoms with van der Waals surface area (Å²) in [5.41, 5.74) is 2.14. The molecule has 1 aliphatic heterocycles. The lowest BCUT2D eigenvalue weighted by Crippen LogP contribution is -2.32. The van der Waals surface area contributed by atoms with E-state index in [0.29, 0.717) is 22.7 Å². The smallest absolute Gasteiger partial charge is 0.257 e. The van der Waals surface area contributed by atoms with E-state index in [9.17, 15) is 13.2 Å².